The first kappa shape index (κ1) is 17.4. The maximum atomic E-state index is 12.0. The lowest BCUT2D eigenvalue weighted by atomic mass is 10.1. The number of rotatable bonds is 7. The molecule has 2 rings (SSSR count). The number of aliphatic hydroxyl groups is 1. The van der Waals surface area contributed by atoms with E-state index in [1.165, 1.54) is 0 Å². The van der Waals surface area contributed by atoms with Gasteiger partial charge < -0.3 is 15.2 Å². The first-order valence-electron chi connectivity index (χ1n) is 7.41. The summed E-state index contributed by atoms with van der Waals surface area (Å²) in [7, 11) is 0. The fraction of sp³-hybridized carbons (Fsp3) is 0.278. The van der Waals surface area contributed by atoms with Gasteiger partial charge in [-0.15, -0.1) is 11.8 Å². The monoisotopic (exact) mass is 331 g/mol. The molecule has 0 saturated heterocycles. The Labute approximate surface area is 140 Å². The summed E-state index contributed by atoms with van der Waals surface area (Å²) in [4.78, 5) is 13.2. The number of carbonyl (C=O) groups excluding carboxylic acids is 1. The third-order valence-electron chi connectivity index (χ3n) is 3.40. The second-order valence-electron chi connectivity index (χ2n) is 5.11. The molecule has 2 aromatic rings. The summed E-state index contributed by atoms with van der Waals surface area (Å²) in [5, 5.41) is 12.9. The molecule has 4 nitrogen and oxygen atoms in total. The molecule has 0 aromatic heterocycles. The van der Waals surface area contributed by atoms with Crippen LogP contribution in [0.2, 0.25) is 0 Å². The average Bonchev–Trinajstić information content (AvgIpc) is 2.60. The molecule has 0 unspecified atom stereocenters. The lowest BCUT2D eigenvalue weighted by Crippen LogP contribution is -2.38. The van der Waals surface area contributed by atoms with Crippen LogP contribution < -0.4 is 10.1 Å². The summed E-state index contributed by atoms with van der Waals surface area (Å²) in [5.74, 6) is 0.386. The number of aliphatic hydroxyl groups excluding tert-OH is 1. The smallest absolute Gasteiger partial charge is 0.260 e. The zero-order chi connectivity index (χ0) is 16.7. The van der Waals surface area contributed by atoms with E-state index in [1.54, 1.807) is 30.8 Å². The van der Waals surface area contributed by atoms with Gasteiger partial charge in [0, 0.05) is 11.4 Å². The van der Waals surface area contributed by atoms with E-state index in [0.717, 1.165) is 10.5 Å². The van der Waals surface area contributed by atoms with Crippen molar-refractivity contribution in [1.82, 2.24) is 5.32 Å². The van der Waals surface area contributed by atoms with Crippen LogP contribution in [0.1, 0.15) is 18.6 Å². The van der Waals surface area contributed by atoms with Crippen molar-refractivity contribution in [1.29, 1.82) is 0 Å². The molecule has 0 saturated carbocycles. The topological polar surface area (TPSA) is 58.6 Å². The van der Waals surface area contributed by atoms with E-state index < -0.39 is 12.2 Å². The van der Waals surface area contributed by atoms with E-state index in [-0.39, 0.29) is 12.5 Å². The Kier molecular flexibility index (Phi) is 6.50. The van der Waals surface area contributed by atoms with E-state index in [9.17, 15) is 9.90 Å². The van der Waals surface area contributed by atoms with E-state index >= 15 is 0 Å². The molecular formula is C18H21NO3S. The summed E-state index contributed by atoms with van der Waals surface area (Å²) in [5.41, 5.74) is 0.778. The minimum Gasteiger partial charge on any atom is -0.481 e. The zero-order valence-corrected chi connectivity index (χ0v) is 14.0. The molecule has 0 fully saturated rings. The van der Waals surface area contributed by atoms with Crippen LogP contribution in [0.15, 0.2) is 59.5 Å². The lowest BCUT2D eigenvalue weighted by Gasteiger charge is -2.17. The van der Waals surface area contributed by atoms with Crippen LogP contribution in [-0.2, 0) is 4.79 Å². The number of benzene rings is 2. The lowest BCUT2D eigenvalue weighted by molar-refractivity contribution is -0.127. The second-order valence-corrected chi connectivity index (χ2v) is 5.99. The summed E-state index contributed by atoms with van der Waals surface area (Å²) < 4.78 is 5.55. The van der Waals surface area contributed by atoms with E-state index in [2.05, 4.69) is 5.32 Å². The first-order chi connectivity index (χ1) is 11.1. The van der Waals surface area contributed by atoms with Gasteiger partial charge in [-0.2, -0.15) is 0 Å². The molecule has 0 aliphatic rings. The molecule has 0 aliphatic carbocycles. The molecule has 2 aromatic carbocycles. The number of hydrogen-bond donors (Lipinski definition) is 2. The van der Waals surface area contributed by atoms with Gasteiger partial charge in [0.1, 0.15) is 5.75 Å². The third-order valence-corrected chi connectivity index (χ3v) is 4.14. The van der Waals surface area contributed by atoms with Gasteiger partial charge in [0.15, 0.2) is 6.10 Å². The van der Waals surface area contributed by atoms with E-state index in [4.69, 9.17) is 4.74 Å². The molecule has 0 heterocycles. The first-order valence-corrected chi connectivity index (χ1v) is 8.64. The van der Waals surface area contributed by atoms with E-state index in [0.29, 0.717) is 5.75 Å². The Hall–Kier alpha value is -1.98. The van der Waals surface area contributed by atoms with Gasteiger partial charge in [-0.3, -0.25) is 4.79 Å². The van der Waals surface area contributed by atoms with Gasteiger partial charge in [0.05, 0.1) is 6.10 Å². The molecular weight excluding hydrogens is 310 g/mol. The number of para-hydroxylation sites is 1. The highest BCUT2D eigenvalue weighted by molar-refractivity contribution is 7.98. The molecule has 2 atom stereocenters. The van der Waals surface area contributed by atoms with Crippen molar-refractivity contribution in [3.8, 4) is 5.75 Å². The zero-order valence-electron chi connectivity index (χ0n) is 13.2. The standard InChI is InChI=1S/C18H21NO3S/c1-13(22-15-6-4-3-5-7-15)18(21)19-12-17(20)14-8-10-16(23-2)11-9-14/h3-11,13,17,20H,12H2,1-2H3,(H,19,21)/t13-,17-/m0/s1. The summed E-state index contributed by atoms with van der Waals surface area (Å²) in [6.07, 6.45) is 0.641. The predicted molar refractivity (Wildman–Crippen MR) is 92.7 cm³/mol. The van der Waals surface area contributed by atoms with Crippen LogP contribution in [0, 0.1) is 0 Å². The van der Waals surface area contributed by atoms with Crippen molar-refractivity contribution < 1.29 is 14.6 Å². The van der Waals surface area contributed by atoms with E-state index in [1.807, 2.05) is 48.7 Å². The SMILES string of the molecule is CSc1ccc([C@@H](O)CNC(=O)[C@H](C)Oc2ccccc2)cc1. The normalized spacial score (nSPS) is 13.2. The van der Waals surface area contributed by atoms with Gasteiger partial charge in [0.2, 0.25) is 0 Å². The van der Waals surface area contributed by atoms with Crippen LogP contribution in [0.5, 0.6) is 5.75 Å². The number of amides is 1. The summed E-state index contributed by atoms with van der Waals surface area (Å²) >= 11 is 1.64. The van der Waals surface area contributed by atoms with Crippen molar-refractivity contribution >= 4 is 17.7 Å². The Balaban J connectivity index is 1.82. The third kappa shape index (κ3) is 5.30. The Bertz CT molecular complexity index is 616. The van der Waals surface area contributed by atoms with Crippen LogP contribution in [-0.4, -0.2) is 29.9 Å². The Morgan fingerprint density at radius 2 is 1.83 bits per heavy atom. The van der Waals surface area contributed by atoms with Crippen molar-refractivity contribution in [3.05, 3.63) is 60.2 Å². The van der Waals surface area contributed by atoms with Crippen LogP contribution in [0.4, 0.5) is 0 Å². The van der Waals surface area contributed by atoms with Crippen molar-refractivity contribution in [2.75, 3.05) is 12.8 Å². The van der Waals surface area contributed by atoms with Gasteiger partial charge in [0.25, 0.3) is 5.91 Å². The number of ether oxygens (including phenoxy) is 1. The molecule has 23 heavy (non-hydrogen) atoms. The second kappa shape index (κ2) is 8.60. The van der Waals surface area contributed by atoms with Gasteiger partial charge in [-0.05, 0) is 43.0 Å². The van der Waals surface area contributed by atoms with Gasteiger partial charge >= 0.3 is 0 Å². The highest BCUT2D eigenvalue weighted by atomic mass is 32.2. The molecule has 2 N–H and O–H groups in total. The highest BCUT2D eigenvalue weighted by Gasteiger charge is 2.16. The quantitative estimate of drug-likeness (QED) is 0.766. The fourth-order valence-corrected chi connectivity index (χ4v) is 2.45. The van der Waals surface area contributed by atoms with Crippen molar-refractivity contribution in [2.24, 2.45) is 0 Å². The van der Waals surface area contributed by atoms with Crippen molar-refractivity contribution in [2.45, 2.75) is 24.0 Å². The fourth-order valence-electron chi connectivity index (χ4n) is 2.04. The summed E-state index contributed by atoms with van der Waals surface area (Å²) in [6.45, 7) is 1.84. The molecule has 1 amide bonds. The Morgan fingerprint density at radius 3 is 2.43 bits per heavy atom. The van der Waals surface area contributed by atoms with Crippen LogP contribution in [0.3, 0.4) is 0 Å². The minimum absolute atomic E-state index is 0.153. The average molecular weight is 331 g/mol. The molecule has 122 valence electrons. The molecule has 0 bridgehead atoms. The Morgan fingerprint density at radius 1 is 1.17 bits per heavy atom. The highest BCUT2D eigenvalue weighted by Crippen LogP contribution is 2.18. The molecule has 0 aliphatic heterocycles. The molecule has 0 radical (unpaired) electrons. The summed E-state index contributed by atoms with van der Waals surface area (Å²) in [6, 6.07) is 16.8. The predicted octanol–water partition coefficient (Wildman–Crippen LogP) is 3.03. The number of thioether (sulfide) groups is 1. The van der Waals surface area contributed by atoms with Gasteiger partial charge in [-0.1, -0.05) is 30.3 Å². The van der Waals surface area contributed by atoms with Gasteiger partial charge in [-0.25, -0.2) is 0 Å². The minimum atomic E-state index is -0.737. The molecule has 5 heteroatoms. The largest absolute Gasteiger partial charge is 0.481 e. The number of carbonyl (C=O) groups is 1. The number of nitrogens with one attached hydrogen (secondary N) is 1. The maximum absolute atomic E-state index is 12.0. The number of hydrogen-bond acceptors (Lipinski definition) is 4. The van der Waals surface area contributed by atoms with Crippen molar-refractivity contribution in [3.63, 3.8) is 0 Å². The molecule has 0 spiro atoms. The van der Waals surface area contributed by atoms with Crippen LogP contribution >= 0.6 is 11.8 Å². The van der Waals surface area contributed by atoms with Crippen LogP contribution in [0.25, 0.3) is 0 Å². The maximum Gasteiger partial charge on any atom is 0.260 e.